The third-order valence-corrected chi connectivity index (χ3v) is 5.55. The third-order valence-electron chi connectivity index (χ3n) is 5.33. The summed E-state index contributed by atoms with van der Waals surface area (Å²) in [6.45, 7) is 4.00. The van der Waals surface area contributed by atoms with E-state index in [0.717, 1.165) is 19.5 Å². The first kappa shape index (κ1) is 20.0. The lowest BCUT2D eigenvalue weighted by molar-refractivity contribution is -0.137. The van der Waals surface area contributed by atoms with Gasteiger partial charge in [-0.2, -0.15) is 0 Å². The number of benzene rings is 1. The van der Waals surface area contributed by atoms with Crippen LogP contribution in [-0.2, 0) is 9.53 Å². The molecule has 27 heavy (non-hydrogen) atoms. The molecule has 0 aromatic heterocycles. The van der Waals surface area contributed by atoms with Gasteiger partial charge in [-0.25, -0.2) is 4.39 Å². The second kappa shape index (κ2) is 8.99. The van der Waals surface area contributed by atoms with Crippen molar-refractivity contribution in [1.29, 1.82) is 0 Å². The highest BCUT2D eigenvalue weighted by Crippen LogP contribution is 2.28. The van der Waals surface area contributed by atoms with E-state index >= 15 is 0 Å². The third kappa shape index (κ3) is 5.18. The van der Waals surface area contributed by atoms with Gasteiger partial charge in [-0.15, -0.1) is 0 Å². The fourth-order valence-electron chi connectivity index (χ4n) is 4.05. The summed E-state index contributed by atoms with van der Waals surface area (Å²) >= 11 is 5.88. The molecule has 2 aliphatic rings. The highest BCUT2D eigenvalue weighted by atomic mass is 35.5. The van der Waals surface area contributed by atoms with Crippen molar-refractivity contribution in [1.82, 2.24) is 9.80 Å². The molecule has 1 N–H and O–H groups in total. The van der Waals surface area contributed by atoms with E-state index in [1.54, 1.807) is 4.90 Å². The molecule has 1 aromatic rings. The number of halogens is 2. The van der Waals surface area contributed by atoms with E-state index < -0.39 is 11.8 Å². The molecule has 0 unspecified atom stereocenters. The second-order valence-electron chi connectivity index (χ2n) is 7.11. The Hall–Kier alpha value is -1.70. The quantitative estimate of drug-likeness (QED) is 0.825. The molecule has 8 heteroatoms. The maximum Gasteiger partial charge on any atom is 0.303 e. The standard InChI is InChI=1S/C19H24ClFN2O4/c20-15-9-14(10-16(21)11-15)19(26)23-4-3-17(22-5-7-27-8-6-22)13(12-23)1-2-18(24)25/h9-11,13,17H,1-8,12H2,(H,24,25)/t13-,17+/m1/s1. The Labute approximate surface area is 162 Å². The van der Waals surface area contributed by atoms with Crippen LogP contribution in [-0.4, -0.2) is 72.2 Å². The van der Waals surface area contributed by atoms with Crippen molar-refractivity contribution in [3.05, 3.63) is 34.6 Å². The predicted octanol–water partition coefficient (Wildman–Crippen LogP) is 2.51. The minimum Gasteiger partial charge on any atom is -0.481 e. The molecule has 0 spiro atoms. The Morgan fingerprint density at radius 2 is 1.96 bits per heavy atom. The van der Waals surface area contributed by atoms with Crippen molar-refractivity contribution < 1.29 is 23.8 Å². The Morgan fingerprint density at radius 1 is 1.22 bits per heavy atom. The maximum absolute atomic E-state index is 13.6. The number of hydrogen-bond acceptors (Lipinski definition) is 4. The van der Waals surface area contributed by atoms with Crippen molar-refractivity contribution >= 4 is 23.5 Å². The zero-order chi connectivity index (χ0) is 19.4. The number of morpholine rings is 1. The van der Waals surface area contributed by atoms with Crippen LogP contribution in [0, 0.1) is 11.7 Å². The minimum absolute atomic E-state index is 0.0564. The fraction of sp³-hybridized carbons (Fsp3) is 0.579. The number of amides is 1. The highest BCUT2D eigenvalue weighted by molar-refractivity contribution is 6.31. The van der Waals surface area contributed by atoms with Gasteiger partial charge < -0.3 is 14.7 Å². The number of aliphatic carboxylic acids is 1. The van der Waals surface area contributed by atoms with Gasteiger partial charge in [0.05, 0.1) is 13.2 Å². The van der Waals surface area contributed by atoms with E-state index in [1.165, 1.54) is 18.2 Å². The highest BCUT2D eigenvalue weighted by Gasteiger charge is 2.36. The normalized spacial score (nSPS) is 24.0. The molecule has 0 bridgehead atoms. The molecule has 148 valence electrons. The summed E-state index contributed by atoms with van der Waals surface area (Å²) in [5.74, 6) is -1.59. The summed E-state index contributed by atoms with van der Waals surface area (Å²) in [6.07, 6.45) is 1.34. The number of carbonyl (C=O) groups is 2. The van der Waals surface area contributed by atoms with Crippen LogP contribution in [0.15, 0.2) is 18.2 Å². The van der Waals surface area contributed by atoms with Gasteiger partial charge in [0, 0.05) is 49.2 Å². The van der Waals surface area contributed by atoms with Crippen molar-refractivity contribution in [2.24, 2.45) is 5.92 Å². The van der Waals surface area contributed by atoms with Crippen LogP contribution in [0.3, 0.4) is 0 Å². The van der Waals surface area contributed by atoms with Gasteiger partial charge in [-0.1, -0.05) is 11.6 Å². The van der Waals surface area contributed by atoms with Crippen LogP contribution >= 0.6 is 11.6 Å². The van der Waals surface area contributed by atoms with Crippen molar-refractivity contribution in [2.45, 2.75) is 25.3 Å². The first-order chi connectivity index (χ1) is 12.9. The average molecular weight is 399 g/mol. The molecule has 2 aliphatic heterocycles. The lowest BCUT2D eigenvalue weighted by atomic mass is 9.86. The van der Waals surface area contributed by atoms with Gasteiger partial charge in [-0.05, 0) is 37.0 Å². The molecule has 3 rings (SSSR count). The van der Waals surface area contributed by atoms with Crippen molar-refractivity contribution in [3.8, 4) is 0 Å². The van der Waals surface area contributed by atoms with Crippen molar-refractivity contribution in [2.75, 3.05) is 39.4 Å². The molecule has 2 atom stereocenters. The number of ether oxygens (including phenoxy) is 1. The van der Waals surface area contributed by atoms with Crippen LogP contribution in [0.25, 0.3) is 0 Å². The molecule has 2 heterocycles. The summed E-state index contributed by atoms with van der Waals surface area (Å²) < 4.78 is 19.0. The number of hydrogen-bond donors (Lipinski definition) is 1. The summed E-state index contributed by atoms with van der Waals surface area (Å²) in [4.78, 5) is 27.9. The summed E-state index contributed by atoms with van der Waals surface area (Å²) in [5.41, 5.74) is 0.224. The van der Waals surface area contributed by atoms with E-state index in [-0.39, 0.29) is 34.9 Å². The number of carboxylic acids is 1. The fourth-order valence-corrected chi connectivity index (χ4v) is 4.27. The van der Waals surface area contributed by atoms with Crippen LogP contribution in [0.2, 0.25) is 5.02 Å². The Bertz CT molecular complexity index is 676. The van der Waals surface area contributed by atoms with Gasteiger partial charge in [0.25, 0.3) is 5.91 Å². The smallest absolute Gasteiger partial charge is 0.303 e. The van der Waals surface area contributed by atoms with Gasteiger partial charge >= 0.3 is 5.97 Å². The molecule has 2 saturated heterocycles. The summed E-state index contributed by atoms with van der Waals surface area (Å²) in [5, 5.41) is 9.27. The zero-order valence-electron chi connectivity index (χ0n) is 15.1. The molecule has 0 radical (unpaired) electrons. The Balaban J connectivity index is 1.73. The van der Waals surface area contributed by atoms with E-state index in [9.17, 15) is 14.0 Å². The number of rotatable bonds is 5. The molecular formula is C19H24ClFN2O4. The summed E-state index contributed by atoms with van der Waals surface area (Å²) in [7, 11) is 0. The lowest BCUT2D eigenvalue weighted by Gasteiger charge is -2.45. The minimum atomic E-state index is -0.837. The SMILES string of the molecule is O=C(O)CC[C@@H]1CN(C(=O)c2cc(F)cc(Cl)c2)CC[C@@H]1N1CCOCC1. The molecule has 0 saturated carbocycles. The monoisotopic (exact) mass is 398 g/mol. The first-order valence-electron chi connectivity index (χ1n) is 9.23. The van der Waals surface area contributed by atoms with E-state index in [4.69, 9.17) is 21.4 Å². The van der Waals surface area contributed by atoms with Gasteiger partial charge in [0.15, 0.2) is 0 Å². The van der Waals surface area contributed by atoms with Gasteiger partial charge in [0.1, 0.15) is 5.82 Å². The number of nitrogens with zero attached hydrogens (tertiary/aromatic N) is 2. The second-order valence-corrected chi connectivity index (χ2v) is 7.54. The van der Waals surface area contributed by atoms with Crippen LogP contribution in [0.1, 0.15) is 29.6 Å². The zero-order valence-corrected chi connectivity index (χ0v) is 15.8. The van der Waals surface area contributed by atoms with Crippen LogP contribution in [0.5, 0.6) is 0 Å². The van der Waals surface area contributed by atoms with E-state index in [1.807, 2.05) is 0 Å². The molecule has 0 aliphatic carbocycles. The molecule has 1 aromatic carbocycles. The number of piperidine rings is 1. The molecular weight excluding hydrogens is 375 g/mol. The predicted molar refractivity (Wildman–Crippen MR) is 98.5 cm³/mol. The summed E-state index contributed by atoms with van der Waals surface area (Å²) in [6, 6.07) is 4.05. The maximum atomic E-state index is 13.6. The first-order valence-corrected chi connectivity index (χ1v) is 9.61. The van der Waals surface area contributed by atoms with E-state index in [0.29, 0.717) is 32.7 Å². The van der Waals surface area contributed by atoms with Gasteiger partial charge in [0.2, 0.25) is 0 Å². The molecule has 6 nitrogen and oxygen atoms in total. The van der Waals surface area contributed by atoms with Crippen LogP contribution in [0.4, 0.5) is 4.39 Å². The van der Waals surface area contributed by atoms with Gasteiger partial charge in [-0.3, -0.25) is 14.5 Å². The lowest BCUT2D eigenvalue weighted by Crippen LogP contribution is -2.55. The molecule has 1 amide bonds. The Morgan fingerprint density at radius 3 is 2.63 bits per heavy atom. The largest absolute Gasteiger partial charge is 0.481 e. The molecule has 2 fully saturated rings. The number of likely N-dealkylation sites (tertiary alicyclic amines) is 1. The number of carbonyl (C=O) groups excluding carboxylic acids is 1. The number of carboxylic acid groups (broad SMARTS) is 1. The van der Waals surface area contributed by atoms with E-state index in [2.05, 4.69) is 4.90 Å². The topological polar surface area (TPSA) is 70.1 Å². The average Bonchev–Trinajstić information content (AvgIpc) is 2.65. The Kier molecular flexibility index (Phi) is 6.68. The van der Waals surface area contributed by atoms with Crippen molar-refractivity contribution in [3.63, 3.8) is 0 Å². The van der Waals surface area contributed by atoms with Crippen LogP contribution < -0.4 is 0 Å².